The average Bonchev–Trinajstić information content (AvgIpc) is 2.80. The predicted octanol–water partition coefficient (Wildman–Crippen LogP) is 1.64. The van der Waals surface area contributed by atoms with Crippen LogP contribution in [0.5, 0.6) is 0 Å². The fraction of sp³-hybridized carbons (Fsp3) is 0.692. The molecule has 1 aromatic heterocycles. The van der Waals surface area contributed by atoms with E-state index in [9.17, 15) is 22.5 Å². The third-order valence-corrected chi connectivity index (χ3v) is 5.52. The number of phosphoric ester groups is 1. The van der Waals surface area contributed by atoms with Gasteiger partial charge in [0.15, 0.2) is 18.0 Å². The third-order valence-electron chi connectivity index (χ3n) is 3.91. The summed E-state index contributed by atoms with van der Waals surface area (Å²) in [5.41, 5.74) is 1.80. The van der Waals surface area contributed by atoms with Crippen LogP contribution in [0.25, 0.3) is 0 Å². The number of rotatable bonds is 4. The number of ether oxygens (including phenoxy) is 1. The molecule has 0 bridgehead atoms. The van der Waals surface area contributed by atoms with Crippen molar-refractivity contribution in [2.45, 2.75) is 50.5 Å². The van der Waals surface area contributed by atoms with Gasteiger partial charge in [-0.05, 0) is 19.9 Å². The van der Waals surface area contributed by atoms with E-state index < -0.39 is 56.8 Å². The summed E-state index contributed by atoms with van der Waals surface area (Å²) in [7, 11) is -4.27. The van der Waals surface area contributed by atoms with Crippen molar-refractivity contribution < 1.29 is 36.0 Å². The smallest absolute Gasteiger partial charge is 0.383 e. The maximum Gasteiger partial charge on any atom is 0.475 e. The topological polar surface area (TPSA) is 115 Å². The minimum absolute atomic E-state index is 0.130. The largest absolute Gasteiger partial charge is 0.475 e. The van der Waals surface area contributed by atoms with E-state index >= 15 is 0 Å². The highest BCUT2D eigenvalue weighted by molar-refractivity contribution is 7.48. The number of hydrogen-bond donors (Lipinski definition) is 1. The molecule has 2 aliphatic rings. The molecule has 2 N–H and O–H groups in total. The molecule has 146 valence electrons. The van der Waals surface area contributed by atoms with Crippen LogP contribution in [0.3, 0.4) is 0 Å². The molecule has 0 saturated carbocycles. The summed E-state index contributed by atoms with van der Waals surface area (Å²) in [6, 6.07) is 1.18. The molecule has 9 nitrogen and oxygen atoms in total. The summed E-state index contributed by atoms with van der Waals surface area (Å²) in [5.74, 6) is -0.130. The summed E-state index contributed by atoms with van der Waals surface area (Å²) < 4.78 is 75.4. The van der Waals surface area contributed by atoms with Crippen molar-refractivity contribution in [1.82, 2.24) is 9.55 Å². The molecule has 0 spiro atoms. The highest BCUT2D eigenvalue weighted by Crippen LogP contribution is 2.61. The summed E-state index contributed by atoms with van der Waals surface area (Å²) in [4.78, 5) is 15.3. The van der Waals surface area contributed by atoms with E-state index in [1.54, 1.807) is 0 Å². The number of alkyl halides is 3. The van der Waals surface area contributed by atoms with Crippen LogP contribution in [0.2, 0.25) is 0 Å². The van der Waals surface area contributed by atoms with Crippen LogP contribution in [0.15, 0.2) is 17.1 Å². The van der Waals surface area contributed by atoms with E-state index in [2.05, 4.69) is 4.98 Å². The molecule has 0 radical (unpaired) electrons. The SMILES string of the molecule is CC(C)OP1(=O)OC[C@]2(C(F)F)O[C@H](n3ccc(N)nc3=O)[C@@H](F)[C@H]2O1. The van der Waals surface area contributed by atoms with Crippen LogP contribution in [0, 0.1) is 0 Å². The highest BCUT2D eigenvalue weighted by atomic mass is 31.2. The quantitative estimate of drug-likeness (QED) is 0.760. The van der Waals surface area contributed by atoms with Crippen LogP contribution in [-0.2, 0) is 22.9 Å². The maximum absolute atomic E-state index is 14.9. The van der Waals surface area contributed by atoms with Gasteiger partial charge in [-0.2, -0.15) is 4.98 Å². The Labute approximate surface area is 145 Å². The van der Waals surface area contributed by atoms with E-state index in [1.165, 1.54) is 19.9 Å². The molecule has 0 amide bonds. The predicted molar refractivity (Wildman–Crippen MR) is 81.3 cm³/mol. The van der Waals surface area contributed by atoms with Crippen LogP contribution in [-0.4, -0.2) is 46.6 Å². The van der Waals surface area contributed by atoms with Gasteiger partial charge in [0.2, 0.25) is 0 Å². The Balaban J connectivity index is 1.97. The fourth-order valence-corrected chi connectivity index (χ4v) is 4.39. The van der Waals surface area contributed by atoms with Gasteiger partial charge in [0.05, 0.1) is 12.7 Å². The monoisotopic (exact) mass is 399 g/mol. The highest BCUT2D eigenvalue weighted by Gasteiger charge is 2.68. The standard InChI is InChI=1S/C13H17F3N3O6P/c1-6(2)24-26(21)22-5-13(11(15)16)9(25-26)8(14)10(23-13)19-4-3-7(17)18-12(19)20/h3-4,6,8-11H,5H2,1-2H3,(H2,17,18,20)/t8-,9+,10-,13-,26?/m0/s1. The Hall–Kier alpha value is -1.46. The van der Waals surface area contributed by atoms with E-state index in [0.717, 1.165) is 6.20 Å². The zero-order valence-corrected chi connectivity index (χ0v) is 14.6. The molecule has 5 atom stereocenters. The van der Waals surface area contributed by atoms with Gasteiger partial charge in [0.25, 0.3) is 6.43 Å². The second kappa shape index (κ2) is 6.61. The first-order valence-electron chi connectivity index (χ1n) is 7.64. The van der Waals surface area contributed by atoms with Gasteiger partial charge in [-0.15, -0.1) is 0 Å². The van der Waals surface area contributed by atoms with Crippen molar-refractivity contribution in [1.29, 1.82) is 0 Å². The fourth-order valence-electron chi connectivity index (χ4n) is 2.77. The van der Waals surface area contributed by atoms with Crippen LogP contribution in [0.4, 0.5) is 19.0 Å². The second-order valence-electron chi connectivity index (χ2n) is 6.15. The summed E-state index contributed by atoms with van der Waals surface area (Å²) >= 11 is 0. The van der Waals surface area contributed by atoms with Crippen molar-refractivity contribution in [3.8, 4) is 0 Å². The number of nitrogen functional groups attached to an aromatic ring is 1. The Bertz CT molecular complexity index is 793. The summed E-state index contributed by atoms with van der Waals surface area (Å²) in [6.45, 7) is 2.09. The van der Waals surface area contributed by atoms with E-state index in [4.69, 9.17) is 24.0 Å². The maximum atomic E-state index is 14.9. The van der Waals surface area contributed by atoms with E-state index in [0.29, 0.717) is 4.57 Å². The Morgan fingerprint density at radius 3 is 2.77 bits per heavy atom. The zero-order chi connectivity index (χ0) is 19.3. The molecule has 2 fully saturated rings. The van der Waals surface area contributed by atoms with Crippen LogP contribution >= 0.6 is 7.82 Å². The number of fused-ring (bicyclic) bond motifs is 1. The van der Waals surface area contributed by atoms with E-state index in [-0.39, 0.29) is 5.82 Å². The molecular weight excluding hydrogens is 382 g/mol. The molecule has 0 aliphatic carbocycles. The van der Waals surface area contributed by atoms with Crippen LogP contribution in [0.1, 0.15) is 20.1 Å². The lowest BCUT2D eigenvalue weighted by Crippen LogP contribution is -2.55. The normalized spacial score (nSPS) is 37.3. The van der Waals surface area contributed by atoms with Gasteiger partial charge in [0.1, 0.15) is 11.9 Å². The van der Waals surface area contributed by atoms with Crippen molar-refractivity contribution in [2.75, 3.05) is 12.3 Å². The first-order valence-corrected chi connectivity index (χ1v) is 9.10. The van der Waals surface area contributed by atoms with Gasteiger partial charge in [-0.3, -0.25) is 18.1 Å². The van der Waals surface area contributed by atoms with Gasteiger partial charge in [-0.1, -0.05) is 0 Å². The summed E-state index contributed by atoms with van der Waals surface area (Å²) in [5, 5.41) is 0. The molecule has 1 aromatic rings. The lowest BCUT2D eigenvalue weighted by Gasteiger charge is -2.39. The number of phosphoric acid groups is 1. The first-order chi connectivity index (χ1) is 12.1. The minimum atomic E-state index is -4.27. The van der Waals surface area contributed by atoms with Gasteiger partial charge in [0, 0.05) is 6.20 Å². The first kappa shape index (κ1) is 19.3. The number of halogens is 3. The number of nitrogens with zero attached hydrogens (tertiary/aromatic N) is 2. The minimum Gasteiger partial charge on any atom is -0.383 e. The Kier molecular flexibility index (Phi) is 4.91. The Morgan fingerprint density at radius 2 is 2.19 bits per heavy atom. The zero-order valence-electron chi connectivity index (χ0n) is 13.8. The third kappa shape index (κ3) is 3.16. The number of aromatic nitrogens is 2. The van der Waals surface area contributed by atoms with Crippen molar-refractivity contribution in [3.05, 3.63) is 22.7 Å². The van der Waals surface area contributed by atoms with Crippen molar-refractivity contribution >= 4 is 13.6 Å². The molecule has 0 aromatic carbocycles. The lowest BCUT2D eigenvalue weighted by molar-refractivity contribution is -0.208. The molecule has 1 unspecified atom stereocenters. The van der Waals surface area contributed by atoms with Gasteiger partial charge in [-0.25, -0.2) is 22.5 Å². The van der Waals surface area contributed by atoms with Crippen molar-refractivity contribution in [3.63, 3.8) is 0 Å². The van der Waals surface area contributed by atoms with Crippen molar-refractivity contribution in [2.24, 2.45) is 0 Å². The van der Waals surface area contributed by atoms with Crippen LogP contribution < -0.4 is 11.4 Å². The number of nitrogens with two attached hydrogens (primary N) is 1. The molecule has 13 heteroatoms. The average molecular weight is 399 g/mol. The molecule has 2 saturated heterocycles. The molecular formula is C13H17F3N3O6P. The molecule has 26 heavy (non-hydrogen) atoms. The number of hydrogen-bond acceptors (Lipinski definition) is 8. The van der Waals surface area contributed by atoms with Gasteiger partial charge < -0.3 is 10.5 Å². The number of anilines is 1. The molecule has 3 rings (SSSR count). The van der Waals surface area contributed by atoms with Gasteiger partial charge >= 0.3 is 13.5 Å². The molecule has 2 aliphatic heterocycles. The molecule has 3 heterocycles. The Morgan fingerprint density at radius 1 is 1.50 bits per heavy atom. The summed E-state index contributed by atoms with van der Waals surface area (Å²) in [6.07, 6.45) is -8.84. The van der Waals surface area contributed by atoms with E-state index in [1.807, 2.05) is 0 Å². The lowest BCUT2D eigenvalue weighted by atomic mass is 9.97. The second-order valence-corrected chi connectivity index (χ2v) is 7.73.